The van der Waals surface area contributed by atoms with Crippen LogP contribution in [0.2, 0.25) is 0 Å². The Hall–Kier alpha value is -1.78. The van der Waals surface area contributed by atoms with Gasteiger partial charge in [-0.2, -0.15) is 0 Å². The number of carbonyl (C=O) groups excluding carboxylic acids is 1. The van der Waals surface area contributed by atoms with E-state index in [0.717, 1.165) is 35.4 Å². The largest absolute Gasteiger partial charge is 0.461 e. The van der Waals surface area contributed by atoms with Crippen molar-refractivity contribution in [3.05, 3.63) is 22.5 Å². The van der Waals surface area contributed by atoms with Gasteiger partial charge in [-0.15, -0.1) is 0 Å². The average Bonchev–Trinajstić information content (AvgIpc) is 2.72. The molecule has 1 aromatic heterocycles. The maximum Gasteiger partial charge on any atom is 0.355 e. The number of ether oxygens (including phenoxy) is 1. The Morgan fingerprint density at radius 3 is 2.62 bits per heavy atom. The second-order valence-electron chi connectivity index (χ2n) is 6.17. The summed E-state index contributed by atoms with van der Waals surface area (Å²) < 4.78 is 5.11. The number of rotatable bonds is 4. The van der Waals surface area contributed by atoms with Gasteiger partial charge in [0.2, 0.25) is 0 Å². The Bertz CT molecular complexity index is 570. The normalized spacial score (nSPS) is 18.4. The zero-order chi connectivity index (χ0) is 15.6. The number of fused-ring (bicyclic) bond motifs is 1. The number of hydrogen-bond donors (Lipinski definition) is 1. The first-order valence-electron chi connectivity index (χ1n) is 7.47. The van der Waals surface area contributed by atoms with Crippen molar-refractivity contribution in [2.75, 3.05) is 13.2 Å². The molecule has 0 bridgehead atoms. The number of nitrogens with zero attached hydrogens (tertiary/aromatic N) is 1. The van der Waals surface area contributed by atoms with Crippen molar-refractivity contribution in [1.82, 2.24) is 4.98 Å². The average molecular weight is 292 g/mol. The predicted molar refractivity (Wildman–Crippen MR) is 81.8 cm³/mol. The van der Waals surface area contributed by atoms with Gasteiger partial charge in [-0.1, -0.05) is 19.0 Å². The maximum absolute atomic E-state index is 12.0. The molecular weight excluding hydrogens is 268 g/mol. The highest BCUT2D eigenvalue weighted by molar-refractivity contribution is 6.06. The molecule has 0 saturated heterocycles. The van der Waals surface area contributed by atoms with E-state index < -0.39 is 0 Å². The van der Waals surface area contributed by atoms with Crippen LogP contribution in [0.25, 0.3) is 0 Å². The molecule has 0 saturated carbocycles. The van der Waals surface area contributed by atoms with Crippen LogP contribution in [0.3, 0.4) is 0 Å². The predicted octanol–water partition coefficient (Wildman–Crippen LogP) is 3.21. The monoisotopic (exact) mass is 292 g/mol. The first-order chi connectivity index (χ1) is 9.89. The van der Waals surface area contributed by atoms with Crippen LogP contribution < -0.4 is 0 Å². The molecule has 0 spiro atoms. The van der Waals surface area contributed by atoms with Gasteiger partial charge in [0.05, 0.1) is 12.3 Å². The first-order valence-corrected chi connectivity index (χ1v) is 7.47. The lowest BCUT2D eigenvalue weighted by Crippen LogP contribution is -2.27. The number of carbonyl (C=O) groups is 1. The lowest BCUT2D eigenvalue weighted by atomic mass is 9.75. The summed E-state index contributed by atoms with van der Waals surface area (Å²) in [5.41, 5.74) is 4.50. The second-order valence-corrected chi connectivity index (χ2v) is 6.17. The fourth-order valence-corrected chi connectivity index (χ4v) is 2.89. The van der Waals surface area contributed by atoms with Crippen molar-refractivity contribution < 1.29 is 14.4 Å². The van der Waals surface area contributed by atoms with Crippen LogP contribution in [0.4, 0.5) is 0 Å². The molecule has 0 unspecified atom stereocenters. The molecule has 0 amide bonds. The standard InChI is InChI=1S/C16H24N2O3/c1-6-20-15(19)14-10(3)13-11(17-14)8-16(4,5)9-12(13)18-21-7-2/h17H,6-9H2,1-5H3. The molecule has 1 aliphatic rings. The van der Waals surface area contributed by atoms with E-state index in [4.69, 9.17) is 9.57 Å². The van der Waals surface area contributed by atoms with Crippen molar-refractivity contribution in [2.24, 2.45) is 10.6 Å². The summed E-state index contributed by atoms with van der Waals surface area (Å²) in [6.07, 6.45) is 1.72. The highest BCUT2D eigenvalue weighted by Gasteiger charge is 2.34. The minimum absolute atomic E-state index is 0.0894. The molecule has 0 atom stereocenters. The van der Waals surface area contributed by atoms with Crippen molar-refractivity contribution >= 4 is 11.7 Å². The minimum Gasteiger partial charge on any atom is -0.461 e. The van der Waals surface area contributed by atoms with Crippen LogP contribution in [0.15, 0.2) is 5.16 Å². The summed E-state index contributed by atoms with van der Waals surface area (Å²) in [7, 11) is 0. The zero-order valence-electron chi connectivity index (χ0n) is 13.5. The quantitative estimate of drug-likeness (QED) is 0.684. The molecule has 5 nitrogen and oxygen atoms in total. The molecule has 0 aliphatic heterocycles. The van der Waals surface area contributed by atoms with Crippen LogP contribution in [0, 0.1) is 12.3 Å². The lowest BCUT2D eigenvalue weighted by Gasteiger charge is -2.30. The van der Waals surface area contributed by atoms with Crippen molar-refractivity contribution in [3.8, 4) is 0 Å². The smallest absolute Gasteiger partial charge is 0.355 e. The van der Waals surface area contributed by atoms with E-state index in [1.54, 1.807) is 6.92 Å². The van der Waals surface area contributed by atoms with Gasteiger partial charge in [0, 0.05) is 11.3 Å². The van der Waals surface area contributed by atoms with Crippen LogP contribution in [0.1, 0.15) is 61.4 Å². The summed E-state index contributed by atoms with van der Waals surface area (Å²) >= 11 is 0. The first kappa shape index (κ1) is 15.6. The Kier molecular flexibility index (Phi) is 4.40. The van der Waals surface area contributed by atoms with E-state index in [0.29, 0.717) is 18.9 Å². The number of hydrogen-bond acceptors (Lipinski definition) is 4. The Morgan fingerprint density at radius 2 is 2.00 bits per heavy atom. The molecule has 116 valence electrons. The third-order valence-electron chi connectivity index (χ3n) is 3.70. The Balaban J connectivity index is 2.48. The van der Waals surface area contributed by atoms with Crippen molar-refractivity contribution in [2.45, 2.75) is 47.5 Å². The van der Waals surface area contributed by atoms with Gasteiger partial charge in [0.15, 0.2) is 0 Å². The van der Waals surface area contributed by atoms with E-state index in [9.17, 15) is 4.79 Å². The number of oxime groups is 1. The van der Waals surface area contributed by atoms with E-state index in [1.807, 2.05) is 13.8 Å². The fraction of sp³-hybridized carbons (Fsp3) is 0.625. The Morgan fingerprint density at radius 1 is 1.29 bits per heavy atom. The van der Waals surface area contributed by atoms with Crippen LogP contribution in [0.5, 0.6) is 0 Å². The van der Waals surface area contributed by atoms with Crippen molar-refractivity contribution in [3.63, 3.8) is 0 Å². The van der Waals surface area contributed by atoms with Crippen molar-refractivity contribution in [1.29, 1.82) is 0 Å². The molecule has 2 rings (SSSR count). The van der Waals surface area contributed by atoms with Gasteiger partial charge in [0.1, 0.15) is 12.3 Å². The lowest BCUT2D eigenvalue weighted by molar-refractivity contribution is 0.0519. The highest BCUT2D eigenvalue weighted by Crippen LogP contribution is 2.37. The van der Waals surface area contributed by atoms with Crippen LogP contribution >= 0.6 is 0 Å². The number of esters is 1. The summed E-state index contributed by atoms with van der Waals surface area (Å²) in [4.78, 5) is 20.5. The van der Waals surface area contributed by atoms with Gasteiger partial charge in [-0.25, -0.2) is 4.79 Å². The van der Waals surface area contributed by atoms with Crippen LogP contribution in [-0.2, 0) is 16.0 Å². The fourth-order valence-electron chi connectivity index (χ4n) is 2.89. The summed E-state index contributed by atoms with van der Waals surface area (Å²) in [5.74, 6) is -0.307. The maximum atomic E-state index is 12.0. The van der Waals surface area contributed by atoms with E-state index >= 15 is 0 Å². The van der Waals surface area contributed by atoms with E-state index in [2.05, 4.69) is 24.0 Å². The second kappa shape index (κ2) is 5.92. The summed E-state index contributed by atoms with van der Waals surface area (Å²) in [5, 5.41) is 4.26. The van der Waals surface area contributed by atoms with Crippen LogP contribution in [-0.4, -0.2) is 29.9 Å². The van der Waals surface area contributed by atoms with E-state index in [-0.39, 0.29) is 11.4 Å². The topological polar surface area (TPSA) is 63.7 Å². The number of aromatic nitrogens is 1. The number of aromatic amines is 1. The molecule has 0 radical (unpaired) electrons. The molecule has 5 heteroatoms. The molecular formula is C16H24N2O3. The third kappa shape index (κ3) is 3.12. The molecule has 0 fully saturated rings. The number of nitrogens with one attached hydrogen (secondary N) is 1. The van der Waals surface area contributed by atoms with Gasteiger partial charge in [0.25, 0.3) is 0 Å². The summed E-state index contributed by atoms with van der Waals surface area (Å²) in [6, 6.07) is 0. The molecule has 1 aromatic rings. The highest BCUT2D eigenvalue weighted by atomic mass is 16.6. The van der Waals surface area contributed by atoms with Gasteiger partial charge >= 0.3 is 5.97 Å². The zero-order valence-corrected chi connectivity index (χ0v) is 13.5. The Labute approximate surface area is 125 Å². The number of H-pyrrole nitrogens is 1. The van der Waals surface area contributed by atoms with Gasteiger partial charge < -0.3 is 14.6 Å². The molecule has 1 heterocycles. The van der Waals surface area contributed by atoms with Gasteiger partial charge in [-0.05, 0) is 44.6 Å². The molecule has 0 aromatic carbocycles. The van der Waals surface area contributed by atoms with E-state index in [1.165, 1.54) is 0 Å². The molecule has 1 aliphatic carbocycles. The third-order valence-corrected chi connectivity index (χ3v) is 3.70. The molecule has 21 heavy (non-hydrogen) atoms. The van der Waals surface area contributed by atoms with Gasteiger partial charge in [-0.3, -0.25) is 0 Å². The summed E-state index contributed by atoms with van der Waals surface area (Å²) in [6.45, 7) is 10.9. The molecule has 1 N–H and O–H groups in total. The minimum atomic E-state index is -0.307. The SMILES string of the molecule is CCON=C1CC(C)(C)Cc2[nH]c(C(=O)OCC)c(C)c21.